The number of benzene rings is 1. The zero-order valence-electron chi connectivity index (χ0n) is 6.18. The molecule has 0 amide bonds. The maximum atomic E-state index is 12.4. The first kappa shape index (κ1) is 9.16. The molecule has 0 saturated heterocycles. The summed E-state index contributed by atoms with van der Waals surface area (Å²) in [6.07, 6.45) is 0. The summed E-state index contributed by atoms with van der Waals surface area (Å²) < 4.78 is 12.4. The third kappa shape index (κ3) is 2.29. The van der Waals surface area contributed by atoms with Gasteiger partial charge in [-0.1, -0.05) is 0 Å². The summed E-state index contributed by atoms with van der Waals surface area (Å²) in [6, 6.07) is 5.32. The number of ketones is 1. The molecule has 0 aliphatic rings. The molecule has 0 heterocycles. The summed E-state index contributed by atoms with van der Waals surface area (Å²) in [5.41, 5.74) is 0.449. The summed E-state index contributed by atoms with van der Waals surface area (Å²) in [4.78, 5) is 13.3. The molecule has 2 nitrogen and oxygen atoms in total. The van der Waals surface area contributed by atoms with E-state index in [1.807, 2.05) is 0 Å². The van der Waals surface area contributed by atoms with Gasteiger partial charge in [0.25, 0.3) is 0 Å². The van der Waals surface area contributed by atoms with Crippen molar-refractivity contribution in [1.82, 2.24) is 4.84 Å². The number of carbonyl (C=O) groups excluding carboxylic acids is 1. The van der Waals surface area contributed by atoms with Crippen LogP contribution in [0, 0.1) is 5.82 Å². The lowest BCUT2D eigenvalue weighted by atomic mass is 10.1. The van der Waals surface area contributed by atoms with Crippen molar-refractivity contribution in [3.63, 3.8) is 0 Å². The van der Waals surface area contributed by atoms with Gasteiger partial charge in [0.15, 0.2) is 5.78 Å². The van der Waals surface area contributed by atoms with Crippen LogP contribution in [0.3, 0.4) is 0 Å². The quantitative estimate of drug-likeness (QED) is 0.577. The third-order valence-corrected chi connectivity index (χ3v) is 1.53. The predicted molar refractivity (Wildman–Crippen MR) is 44.6 cm³/mol. The van der Waals surface area contributed by atoms with Gasteiger partial charge in [-0.2, -0.15) is 0 Å². The molecule has 0 atom stereocenters. The van der Waals surface area contributed by atoms with Crippen molar-refractivity contribution in [3.05, 3.63) is 35.6 Å². The molecule has 64 valence electrons. The molecule has 4 heteroatoms. The minimum Gasteiger partial charge on any atom is -0.293 e. The van der Waals surface area contributed by atoms with Gasteiger partial charge in [0, 0.05) is 5.56 Å². The summed E-state index contributed by atoms with van der Waals surface area (Å²) in [5.74, 6) is -0.518. The van der Waals surface area contributed by atoms with Gasteiger partial charge in [-0.05, 0) is 36.0 Å². The van der Waals surface area contributed by atoms with Crippen LogP contribution in [0.15, 0.2) is 24.3 Å². The fourth-order valence-electron chi connectivity index (χ4n) is 0.799. The molecule has 1 aromatic carbocycles. The van der Waals surface area contributed by atoms with Crippen LogP contribution in [0.5, 0.6) is 0 Å². The molecule has 12 heavy (non-hydrogen) atoms. The molecule has 0 aliphatic heterocycles. The van der Waals surface area contributed by atoms with Crippen molar-refractivity contribution in [2.75, 3.05) is 6.54 Å². The van der Waals surface area contributed by atoms with Crippen molar-refractivity contribution in [2.45, 2.75) is 0 Å². The standard InChI is InChI=1S/C8H7ClFNO/c9-11-5-8(12)6-1-3-7(10)4-2-6/h1-4,11H,5H2. The van der Waals surface area contributed by atoms with Crippen molar-refractivity contribution >= 4 is 17.6 Å². The third-order valence-electron chi connectivity index (χ3n) is 1.39. The number of hydrogen-bond acceptors (Lipinski definition) is 2. The van der Waals surface area contributed by atoms with Gasteiger partial charge in [-0.25, -0.2) is 9.23 Å². The Labute approximate surface area is 74.5 Å². The number of Topliss-reactive ketones (excluding diaryl/α,β-unsaturated/α-hetero) is 1. The molecule has 1 rings (SSSR count). The Morgan fingerprint density at radius 1 is 1.42 bits per heavy atom. The Kier molecular flexibility index (Phi) is 3.19. The normalized spacial score (nSPS) is 9.83. The van der Waals surface area contributed by atoms with Crippen LogP contribution < -0.4 is 4.84 Å². The number of halogens is 2. The zero-order chi connectivity index (χ0) is 8.97. The van der Waals surface area contributed by atoms with Crippen molar-refractivity contribution in [3.8, 4) is 0 Å². The van der Waals surface area contributed by atoms with E-state index in [4.69, 9.17) is 11.8 Å². The highest BCUT2D eigenvalue weighted by atomic mass is 35.5. The Morgan fingerprint density at radius 3 is 2.50 bits per heavy atom. The summed E-state index contributed by atoms with van der Waals surface area (Å²) >= 11 is 5.13. The first-order valence-corrected chi connectivity index (χ1v) is 3.74. The SMILES string of the molecule is O=C(CNCl)c1ccc(F)cc1. The molecule has 0 unspecified atom stereocenters. The lowest BCUT2D eigenvalue weighted by molar-refractivity contribution is 0.0997. The summed E-state index contributed by atoms with van der Waals surface area (Å²) in [5, 5.41) is 0. The van der Waals surface area contributed by atoms with Gasteiger partial charge in [-0.15, -0.1) is 0 Å². The summed E-state index contributed by atoms with van der Waals surface area (Å²) in [6.45, 7) is 0.0488. The predicted octanol–water partition coefficient (Wildman–Crippen LogP) is 1.75. The Bertz CT molecular complexity index is 273. The van der Waals surface area contributed by atoms with Crippen molar-refractivity contribution < 1.29 is 9.18 Å². The van der Waals surface area contributed by atoms with Gasteiger partial charge >= 0.3 is 0 Å². The molecule has 1 N–H and O–H groups in total. The Hall–Kier alpha value is -0.930. The lowest BCUT2D eigenvalue weighted by Gasteiger charge is -1.97. The van der Waals surface area contributed by atoms with E-state index in [0.717, 1.165) is 0 Å². The minimum atomic E-state index is -0.356. The lowest BCUT2D eigenvalue weighted by Crippen LogP contribution is -2.14. The molecule has 0 radical (unpaired) electrons. The van der Waals surface area contributed by atoms with Crippen LogP contribution in [0.25, 0.3) is 0 Å². The average molecular weight is 188 g/mol. The van der Waals surface area contributed by atoms with E-state index in [-0.39, 0.29) is 18.1 Å². The van der Waals surface area contributed by atoms with E-state index >= 15 is 0 Å². The molecular weight excluding hydrogens is 181 g/mol. The maximum absolute atomic E-state index is 12.4. The number of nitrogens with one attached hydrogen (secondary N) is 1. The van der Waals surface area contributed by atoms with Gasteiger partial charge in [0.2, 0.25) is 0 Å². The molecule has 0 spiro atoms. The van der Waals surface area contributed by atoms with E-state index in [0.29, 0.717) is 5.56 Å². The fourth-order valence-corrected chi connectivity index (χ4v) is 0.920. The number of rotatable bonds is 3. The van der Waals surface area contributed by atoms with Crippen LogP contribution in [0.1, 0.15) is 10.4 Å². The molecule has 0 bridgehead atoms. The summed E-state index contributed by atoms with van der Waals surface area (Å²) in [7, 11) is 0. The molecule has 0 aromatic heterocycles. The fraction of sp³-hybridized carbons (Fsp3) is 0.125. The van der Waals surface area contributed by atoms with E-state index in [1.165, 1.54) is 24.3 Å². The molecule has 0 fully saturated rings. The van der Waals surface area contributed by atoms with Crippen LogP contribution in [-0.2, 0) is 0 Å². The average Bonchev–Trinajstić information content (AvgIpc) is 2.06. The monoisotopic (exact) mass is 187 g/mol. The first-order valence-electron chi connectivity index (χ1n) is 3.36. The van der Waals surface area contributed by atoms with E-state index in [9.17, 15) is 9.18 Å². The number of hydrogen-bond donors (Lipinski definition) is 1. The molecular formula is C8H7ClFNO. The van der Waals surface area contributed by atoms with Gasteiger partial charge < -0.3 is 0 Å². The minimum absolute atomic E-state index is 0.0488. The molecule has 0 aliphatic carbocycles. The largest absolute Gasteiger partial charge is 0.293 e. The number of carbonyl (C=O) groups is 1. The van der Waals surface area contributed by atoms with Crippen LogP contribution in [-0.4, -0.2) is 12.3 Å². The van der Waals surface area contributed by atoms with E-state index in [2.05, 4.69) is 4.84 Å². The highest BCUT2D eigenvalue weighted by molar-refractivity contribution is 6.15. The topological polar surface area (TPSA) is 29.1 Å². The molecule has 1 aromatic rings. The van der Waals surface area contributed by atoms with Crippen LogP contribution >= 0.6 is 11.8 Å². The molecule has 0 saturated carbocycles. The zero-order valence-corrected chi connectivity index (χ0v) is 6.94. The van der Waals surface area contributed by atoms with Gasteiger partial charge in [-0.3, -0.25) is 4.79 Å². The van der Waals surface area contributed by atoms with Gasteiger partial charge in [0.05, 0.1) is 6.54 Å². The maximum Gasteiger partial charge on any atom is 0.177 e. The van der Waals surface area contributed by atoms with E-state index < -0.39 is 0 Å². The second-order valence-electron chi connectivity index (χ2n) is 2.24. The van der Waals surface area contributed by atoms with Crippen LogP contribution in [0.2, 0.25) is 0 Å². The Balaban J connectivity index is 2.75. The van der Waals surface area contributed by atoms with Gasteiger partial charge in [0.1, 0.15) is 5.82 Å². The first-order chi connectivity index (χ1) is 5.74. The van der Waals surface area contributed by atoms with Crippen molar-refractivity contribution in [2.24, 2.45) is 0 Å². The van der Waals surface area contributed by atoms with Crippen LogP contribution in [0.4, 0.5) is 4.39 Å². The second kappa shape index (κ2) is 4.18. The highest BCUT2D eigenvalue weighted by Gasteiger charge is 2.03. The smallest absolute Gasteiger partial charge is 0.177 e. The van der Waals surface area contributed by atoms with E-state index in [1.54, 1.807) is 0 Å². The highest BCUT2D eigenvalue weighted by Crippen LogP contribution is 2.02. The van der Waals surface area contributed by atoms with Crippen molar-refractivity contribution in [1.29, 1.82) is 0 Å². The second-order valence-corrected chi connectivity index (χ2v) is 2.51. The Morgan fingerprint density at radius 2 is 2.00 bits per heavy atom.